The number of carbonyl (C=O) groups excluding carboxylic acids is 1. The van der Waals surface area contributed by atoms with Crippen LogP contribution in [-0.2, 0) is 17.8 Å². The maximum Gasteiger partial charge on any atom is 0.263 e. The van der Waals surface area contributed by atoms with Gasteiger partial charge in [-0.2, -0.15) is 0 Å². The number of hydrogen-bond acceptors (Lipinski definition) is 6. The van der Waals surface area contributed by atoms with E-state index in [1.807, 2.05) is 32.0 Å². The van der Waals surface area contributed by atoms with Crippen molar-refractivity contribution in [1.29, 1.82) is 0 Å². The molecule has 8 heteroatoms. The number of hydrogen-bond donors (Lipinski definition) is 1. The van der Waals surface area contributed by atoms with Crippen molar-refractivity contribution in [2.75, 3.05) is 19.8 Å². The quantitative estimate of drug-likeness (QED) is 0.594. The Hall–Kier alpha value is -3.42. The number of rotatable bonds is 9. The van der Waals surface area contributed by atoms with E-state index in [4.69, 9.17) is 9.47 Å². The van der Waals surface area contributed by atoms with Crippen molar-refractivity contribution in [3.8, 4) is 11.5 Å². The number of pyridine rings is 1. The van der Waals surface area contributed by atoms with E-state index in [0.29, 0.717) is 48.7 Å². The van der Waals surface area contributed by atoms with Crippen LogP contribution in [0, 0.1) is 0 Å². The average Bonchev–Trinajstić information content (AvgIpc) is 2.72. The molecule has 0 unspecified atom stereocenters. The molecule has 0 aliphatic rings. The van der Waals surface area contributed by atoms with E-state index in [-0.39, 0.29) is 18.0 Å². The lowest BCUT2D eigenvalue weighted by molar-refractivity contribution is -0.121. The van der Waals surface area contributed by atoms with Gasteiger partial charge in [-0.1, -0.05) is 6.07 Å². The number of nitrogens with zero attached hydrogens (tertiary/aromatic N) is 3. The first-order valence-electron chi connectivity index (χ1n) is 9.57. The second-order valence-corrected chi connectivity index (χ2v) is 6.30. The predicted octanol–water partition coefficient (Wildman–Crippen LogP) is 1.95. The second-order valence-electron chi connectivity index (χ2n) is 6.30. The van der Waals surface area contributed by atoms with Gasteiger partial charge in [0, 0.05) is 12.7 Å². The summed E-state index contributed by atoms with van der Waals surface area (Å²) in [5.41, 5.74) is 1.11. The number of fused-ring (bicyclic) bond motifs is 1. The van der Waals surface area contributed by atoms with E-state index >= 15 is 0 Å². The smallest absolute Gasteiger partial charge is 0.263 e. The van der Waals surface area contributed by atoms with Gasteiger partial charge in [0.05, 0.1) is 18.6 Å². The van der Waals surface area contributed by atoms with Crippen molar-refractivity contribution >= 4 is 16.9 Å². The van der Waals surface area contributed by atoms with E-state index in [2.05, 4.69) is 15.3 Å². The van der Waals surface area contributed by atoms with Gasteiger partial charge >= 0.3 is 0 Å². The number of aromatic nitrogens is 3. The van der Waals surface area contributed by atoms with Crippen LogP contribution in [0.1, 0.15) is 19.4 Å². The Morgan fingerprint density at radius 3 is 2.69 bits per heavy atom. The monoisotopic (exact) mass is 396 g/mol. The molecule has 1 amide bonds. The lowest BCUT2D eigenvalue weighted by Gasteiger charge is -2.13. The third kappa shape index (κ3) is 5.10. The van der Waals surface area contributed by atoms with Crippen LogP contribution in [0.4, 0.5) is 0 Å². The summed E-state index contributed by atoms with van der Waals surface area (Å²) in [7, 11) is 0. The van der Waals surface area contributed by atoms with Gasteiger partial charge in [-0.05, 0) is 50.1 Å². The number of benzene rings is 1. The molecule has 0 saturated carbocycles. The van der Waals surface area contributed by atoms with Gasteiger partial charge in [0.1, 0.15) is 12.9 Å². The zero-order valence-corrected chi connectivity index (χ0v) is 16.6. The lowest BCUT2D eigenvalue weighted by atomic mass is 10.1. The topological polar surface area (TPSA) is 95.3 Å². The molecule has 1 aromatic carbocycles. The van der Waals surface area contributed by atoms with E-state index in [9.17, 15) is 9.59 Å². The zero-order valence-electron chi connectivity index (χ0n) is 16.6. The number of ether oxygens (including phenoxy) is 2. The summed E-state index contributed by atoms with van der Waals surface area (Å²) in [6.07, 6.45) is 3.55. The van der Waals surface area contributed by atoms with Crippen LogP contribution in [0.3, 0.4) is 0 Å². The van der Waals surface area contributed by atoms with E-state index < -0.39 is 0 Å². The molecular weight excluding hydrogens is 372 g/mol. The molecule has 0 spiro atoms. The zero-order chi connectivity index (χ0) is 20.6. The minimum absolute atomic E-state index is 0.0931. The third-order valence-corrected chi connectivity index (χ3v) is 4.25. The summed E-state index contributed by atoms with van der Waals surface area (Å²) < 4.78 is 12.5. The molecule has 0 aliphatic carbocycles. The first-order valence-corrected chi connectivity index (χ1v) is 9.57. The molecule has 3 aromatic rings. The van der Waals surface area contributed by atoms with Crippen LogP contribution in [-0.4, -0.2) is 40.2 Å². The van der Waals surface area contributed by atoms with Crippen LogP contribution < -0.4 is 20.3 Å². The van der Waals surface area contributed by atoms with Gasteiger partial charge < -0.3 is 14.8 Å². The van der Waals surface area contributed by atoms with Crippen molar-refractivity contribution in [2.24, 2.45) is 0 Å². The highest BCUT2D eigenvalue weighted by Gasteiger charge is 2.09. The van der Waals surface area contributed by atoms with E-state index in [1.54, 1.807) is 18.3 Å². The van der Waals surface area contributed by atoms with Crippen molar-refractivity contribution < 1.29 is 14.3 Å². The van der Waals surface area contributed by atoms with Crippen LogP contribution >= 0.6 is 0 Å². The maximum atomic E-state index is 12.4. The Bertz CT molecular complexity index is 1050. The molecule has 152 valence electrons. The van der Waals surface area contributed by atoms with Crippen molar-refractivity contribution in [3.05, 3.63) is 58.8 Å². The van der Waals surface area contributed by atoms with Gasteiger partial charge in [-0.3, -0.25) is 14.2 Å². The number of amides is 1. The Morgan fingerprint density at radius 1 is 1.10 bits per heavy atom. The third-order valence-electron chi connectivity index (χ3n) is 4.25. The fraction of sp³-hybridized carbons (Fsp3) is 0.333. The van der Waals surface area contributed by atoms with Crippen LogP contribution in [0.2, 0.25) is 0 Å². The standard InChI is InChI=1S/C21H24N4O4/c1-3-28-17-8-7-15(12-18(17)29-4-2)9-11-22-19(26)13-25-14-24-20-16(21(25)27)6-5-10-23-20/h5-8,10,12,14H,3-4,9,11,13H2,1-2H3,(H,22,26). The summed E-state index contributed by atoms with van der Waals surface area (Å²) in [4.78, 5) is 32.8. The molecule has 0 aliphatic heterocycles. The van der Waals surface area contributed by atoms with Gasteiger partial charge in [0.15, 0.2) is 17.1 Å². The van der Waals surface area contributed by atoms with Gasteiger partial charge in [0.25, 0.3) is 5.56 Å². The fourth-order valence-electron chi connectivity index (χ4n) is 2.92. The van der Waals surface area contributed by atoms with Crippen LogP contribution in [0.25, 0.3) is 11.0 Å². The molecule has 0 saturated heterocycles. The molecule has 29 heavy (non-hydrogen) atoms. The molecule has 0 atom stereocenters. The molecule has 1 N–H and O–H groups in total. The van der Waals surface area contributed by atoms with E-state index in [1.165, 1.54) is 10.9 Å². The van der Waals surface area contributed by atoms with Gasteiger partial charge in [0.2, 0.25) is 5.91 Å². The number of carbonyl (C=O) groups is 1. The molecule has 8 nitrogen and oxygen atoms in total. The maximum absolute atomic E-state index is 12.4. The Balaban J connectivity index is 1.58. The van der Waals surface area contributed by atoms with Gasteiger partial charge in [-0.25, -0.2) is 9.97 Å². The summed E-state index contributed by atoms with van der Waals surface area (Å²) in [6, 6.07) is 9.06. The Kier molecular flexibility index (Phi) is 6.78. The van der Waals surface area contributed by atoms with Crippen molar-refractivity contribution in [3.63, 3.8) is 0 Å². The van der Waals surface area contributed by atoms with Crippen LogP contribution in [0.5, 0.6) is 11.5 Å². The van der Waals surface area contributed by atoms with E-state index in [0.717, 1.165) is 5.56 Å². The minimum atomic E-state index is -0.286. The molecule has 3 rings (SSSR count). The minimum Gasteiger partial charge on any atom is -0.490 e. The first kappa shape index (κ1) is 20.3. The SMILES string of the molecule is CCOc1ccc(CCNC(=O)Cn2cnc3ncccc3c2=O)cc1OCC. The number of nitrogens with one attached hydrogen (secondary N) is 1. The average molecular weight is 396 g/mol. The second kappa shape index (κ2) is 9.68. The lowest BCUT2D eigenvalue weighted by Crippen LogP contribution is -2.33. The highest BCUT2D eigenvalue weighted by Crippen LogP contribution is 2.28. The summed E-state index contributed by atoms with van der Waals surface area (Å²) in [5, 5.41) is 3.22. The van der Waals surface area contributed by atoms with Crippen LogP contribution in [0.15, 0.2) is 47.7 Å². The highest BCUT2D eigenvalue weighted by molar-refractivity contribution is 5.77. The molecule has 2 heterocycles. The Labute approximate surface area is 168 Å². The molecule has 0 fully saturated rings. The Morgan fingerprint density at radius 2 is 1.90 bits per heavy atom. The summed E-state index contributed by atoms with van der Waals surface area (Å²) in [5.74, 6) is 1.15. The summed E-state index contributed by atoms with van der Waals surface area (Å²) in [6.45, 7) is 5.30. The van der Waals surface area contributed by atoms with Crippen molar-refractivity contribution in [1.82, 2.24) is 19.9 Å². The molecular formula is C21H24N4O4. The van der Waals surface area contributed by atoms with Crippen molar-refractivity contribution in [2.45, 2.75) is 26.8 Å². The highest BCUT2D eigenvalue weighted by atomic mass is 16.5. The summed E-state index contributed by atoms with van der Waals surface area (Å²) >= 11 is 0. The predicted molar refractivity (Wildman–Crippen MR) is 109 cm³/mol. The molecule has 0 bridgehead atoms. The molecule has 0 radical (unpaired) electrons. The largest absolute Gasteiger partial charge is 0.490 e. The first-order chi connectivity index (χ1) is 14.1. The fourth-order valence-corrected chi connectivity index (χ4v) is 2.92. The normalized spacial score (nSPS) is 10.7. The van der Waals surface area contributed by atoms with Gasteiger partial charge in [-0.15, -0.1) is 0 Å². The molecule has 2 aromatic heterocycles.